The van der Waals surface area contributed by atoms with Gasteiger partial charge in [-0.2, -0.15) is 5.10 Å². The van der Waals surface area contributed by atoms with Crippen molar-refractivity contribution in [1.29, 1.82) is 0 Å². The van der Waals surface area contributed by atoms with Gasteiger partial charge in [-0.25, -0.2) is 10.2 Å². The minimum absolute atomic E-state index is 0. The molecule has 0 heterocycles. The Labute approximate surface area is 102 Å². The molecule has 1 aromatic rings. The van der Waals surface area contributed by atoms with Crippen molar-refractivity contribution in [3.8, 4) is 11.5 Å². The number of urea groups is 1. The van der Waals surface area contributed by atoms with E-state index in [9.17, 15) is 4.79 Å². The number of rotatable bonds is 3. The fourth-order valence-electron chi connectivity index (χ4n) is 0.991. The van der Waals surface area contributed by atoms with Crippen molar-refractivity contribution in [3.05, 3.63) is 23.8 Å². The van der Waals surface area contributed by atoms with E-state index in [0.29, 0.717) is 11.3 Å². The number of amides is 2. The first kappa shape index (κ1) is 14.3. The first-order valence-electron chi connectivity index (χ1n) is 4.12. The number of carbonyl (C=O) groups is 1. The van der Waals surface area contributed by atoms with Gasteiger partial charge in [-0.1, -0.05) is 6.07 Å². The third kappa shape index (κ3) is 3.78. The molecule has 0 saturated heterocycles. The van der Waals surface area contributed by atoms with Crippen LogP contribution in [0, 0.1) is 0 Å². The summed E-state index contributed by atoms with van der Waals surface area (Å²) >= 11 is 0. The molecule has 0 atom stereocenters. The van der Waals surface area contributed by atoms with E-state index in [1.54, 1.807) is 18.2 Å². The Balaban J connectivity index is 0.00000225. The van der Waals surface area contributed by atoms with Crippen LogP contribution in [0.1, 0.15) is 5.56 Å². The maximum atomic E-state index is 10.3. The van der Waals surface area contributed by atoms with Gasteiger partial charge < -0.3 is 15.6 Å². The molecule has 16 heavy (non-hydrogen) atoms. The van der Waals surface area contributed by atoms with Crippen molar-refractivity contribution in [3.63, 3.8) is 0 Å². The van der Waals surface area contributed by atoms with Gasteiger partial charge in [0.05, 0.1) is 18.9 Å². The second-order valence-electron chi connectivity index (χ2n) is 2.66. The number of hydrazone groups is 1. The van der Waals surface area contributed by atoms with E-state index in [0.717, 1.165) is 0 Å². The summed E-state index contributed by atoms with van der Waals surface area (Å²) in [7, 11) is 1.48. The van der Waals surface area contributed by atoms with Crippen LogP contribution in [-0.4, -0.2) is 24.5 Å². The summed E-state index contributed by atoms with van der Waals surface area (Å²) < 4.78 is 4.95. The number of hydrogen-bond acceptors (Lipinski definition) is 3. The second-order valence-corrected chi connectivity index (χ2v) is 2.66. The molecule has 0 aliphatic carbocycles. The summed E-state index contributed by atoms with van der Waals surface area (Å²) in [5, 5.41) is 11.2. The number of methoxy groups -OCH3 is 1. The monoisotopic (exact) mass is 268 g/mol. The predicted octanol–water partition coefficient (Wildman–Crippen LogP) is 0.133. The smallest absolute Gasteiger partial charge is 0.590 e. The summed E-state index contributed by atoms with van der Waals surface area (Å²) in [4.78, 5) is 10.3. The first-order valence-corrected chi connectivity index (χ1v) is 4.12. The van der Waals surface area contributed by atoms with Crippen molar-refractivity contribution in [2.45, 2.75) is 0 Å². The average Bonchev–Trinajstić information content (AvgIpc) is 2.20. The zero-order chi connectivity index (χ0) is 11.3. The van der Waals surface area contributed by atoms with Gasteiger partial charge in [0, 0.05) is 0 Å². The van der Waals surface area contributed by atoms with Gasteiger partial charge in [-0.05, 0) is 12.1 Å². The van der Waals surface area contributed by atoms with Crippen LogP contribution in [0.4, 0.5) is 4.79 Å². The van der Waals surface area contributed by atoms with E-state index in [2.05, 4.69) is 5.10 Å². The number of carbonyl (C=O) groups excluding carboxylic acids is 1. The Morgan fingerprint density at radius 1 is 1.62 bits per heavy atom. The maximum absolute atomic E-state index is 10.3. The number of benzene rings is 1. The maximum Gasteiger partial charge on any atom is 2.00 e. The molecule has 5 N–H and O–H groups in total. The van der Waals surface area contributed by atoms with Crippen LogP contribution in [0.25, 0.3) is 0 Å². The second kappa shape index (κ2) is 6.68. The van der Waals surface area contributed by atoms with E-state index < -0.39 is 6.03 Å². The standard InChI is InChI=1S/C9H11N3O3.Ni/c1-15-7-4-2-3-6(8(7)13)5-11-12-9(10)14;/h2-5,13H,1H3,(H3,10,12,14);/q;+2/p+1. The molecule has 88 valence electrons. The van der Waals surface area contributed by atoms with Crippen LogP contribution in [0.5, 0.6) is 11.5 Å². The molecule has 0 saturated carbocycles. The Bertz CT molecular complexity index is 396. The van der Waals surface area contributed by atoms with Crippen molar-refractivity contribution in [2.75, 3.05) is 7.11 Å². The van der Waals surface area contributed by atoms with Crippen molar-refractivity contribution >= 4 is 12.2 Å². The molecular weight excluding hydrogens is 257 g/mol. The van der Waals surface area contributed by atoms with Gasteiger partial charge >= 0.3 is 28.3 Å². The van der Waals surface area contributed by atoms with Crippen molar-refractivity contribution < 1.29 is 31.1 Å². The van der Waals surface area contributed by atoms with E-state index >= 15 is 0 Å². The summed E-state index contributed by atoms with van der Waals surface area (Å²) in [6, 6.07) is 4.32. The molecular formula is C9H12N3NiO3+3. The van der Waals surface area contributed by atoms with E-state index in [4.69, 9.17) is 15.6 Å². The van der Waals surface area contributed by atoms with Gasteiger partial charge in [0.15, 0.2) is 0 Å². The van der Waals surface area contributed by atoms with Gasteiger partial charge in [0.25, 0.3) is 0 Å². The molecule has 2 amide bonds. The molecule has 0 spiro atoms. The molecule has 0 aliphatic rings. The molecule has 0 bridgehead atoms. The van der Waals surface area contributed by atoms with E-state index in [1.165, 1.54) is 13.3 Å². The minimum Gasteiger partial charge on any atom is -0.590 e. The Kier molecular flexibility index (Phi) is 5.96. The Morgan fingerprint density at radius 3 is 2.88 bits per heavy atom. The van der Waals surface area contributed by atoms with Crippen LogP contribution < -0.4 is 15.9 Å². The van der Waals surface area contributed by atoms with Crippen LogP contribution in [-0.2, 0) is 16.5 Å². The quantitative estimate of drug-likeness (QED) is 0.353. The molecule has 1 rings (SSSR count). The minimum atomic E-state index is -0.749. The molecule has 1 aromatic carbocycles. The summed E-state index contributed by atoms with van der Waals surface area (Å²) in [6.07, 6.45) is 1.33. The third-order valence-corrected chi connectivity index (χ3v) is 1.66. The summed E-state index contributed by atoms with van der Waals surface area (Å²) in [5.74, 6) is 0.646. The summed E-state index contributed by atoms with van der Waals surface area (Å²) in [6.45, 7) is 0. The van der Waals surface area contributed by atoms with Gasteiger partial charge in [-0.3, -0.25) is 0 Å². The number of nitrogens with one attached hydrogen (secondary N) is 1. The van der Waals surface area contributed by atoms with E-state index in [1.807, 2.05) is 5.43 Å². The molecule has 0 radical (unpaired) electrons. The fraction of sp³-hybridized carbons (Fsp3) is 0.111. The van der Waals surface area contributed by atoms with Crippen LogP contribution >= 0.6 is 0 Å². The van der Waals surface area contributed by atoms with Crippen LogP contribution in [0.3, 0.4) is 0 Å². The van der Waals surface area contributed by atoms with Crippen molar-refractivity contribution in [1.82, 2.24) is 5.43 Å². The molecule has 0 fully saturated rings. The first-order chi connectivity index (χ1) is 7.15. The number of primary amides is 1. The number of hydrogen-bond donors (Lipinski definition) is 2. The third-order valence-electron chi connectivity index (χ3n) is 1.66. The molecule has 0 aromatic heterocycles. The van der Waals surface area contributed by atoms with Crippen LogP contribution in [0.15, 0.2) is 23.3 Å². The summed E-state index contributed by atoms with van der Waals surface area (Å²) in [5.41, 5.74) is 7.39. The molecule has 7 heteroatoms. The number of nitrogens with two attached hydrogens (primary N) is 1. The Morgan fingerprint density at radius 2 is 2.31 bits per heavy atom. The number of nitrogens with zero attached hydrogens (tertiary/aromatic N) is 1. The zero-order valence-corrected chi connectivity index (χ0v) is 9.45. The predicted molar refractivity (Wildman–Crippen MR) is 56.4 cm³/mol. The van der Waals surface area contributed by atoms with Gasteiger partial charge in [0.2, 0.25) is 5.75 Å². The van der Waals surface area contributed by atoms with Crippen molar-refractivity contribution in [2.24, 2.45) is 10.8 Å². The van der Waals surface area contributed by atoms with E-state index in [-0.39, 0.29) is 22.2 Å². The number of ether oxygens (including phenoxy) is 1. The largest absolute Gasteiger partial charge is 2.00 e. The fourth-order valence-corrected chi connectivity index (χ4v) is 0.991. The average molecular weight is 269 g/mol. The Hall–Kier alpha value is -1.75. The van der Waals surface area contributed by atoms with Crippen LogP contribution in [0.2, 0.25) is 0 Å². The zero-order valence-electron chi connectivity index (χ0n) is 8.47. The number of para-hydroxylation sites is 1. The molecule has 0 aliphatic heterocycles. The molecule has 6 nitrogen and oxygen atoms in total. The van der Waals surface area contributed by atoms with Gasteiger partial charge in [-0.15, -0.1) is 0 Å². The SMILES string of the molecule is COc1cccc(C=NNC(N)=O)c1[OH2+].[Ni+2]. The normalized spacial score (nSPS) is 9.56. The van der Waals surface area contributed by atoms with Gasteiger partial charge in [0.1, 0.15) is 0 Å². The topological polar surface area (TPSA) is 99.6 Å². The molecule has 0 unspecified atom stereocenters.